The molecule has 4 amide bonds. The van der Waals surface area contributed by atoms with Gasteiger partial charge in [-0.1, -0.05) is 42.6 Å². The van der Waals surface area contributed by atoms with Gasteiger partial charge in [0.15, 0.2) is 0 Å². The first kappa shape index (κ1) is 24.7. The van der Waals surface area contributed by atoms with Crippen molar-refractivity contribution in [3.8, 4) is 0 Å². The van der Waals surface area contributed by atoms with E-state index in [0.29, 0.717) is 30.2 Å². The van der Waals surface area contributed by atoms with E-state index in [1.165, 1.54) is 9.80 Å². The topological polar surface area (TPSA) is 81.2 Å². The second-order valence-electron chi connectivity index (χ2n) is 9.91. The van der Waals surface area contributed by atoms with Gasteiger partial charge in [-0.15, -0.1) is 0 Å². The Morgan fingerprint density at radius 2 is 1.79 bits per heavy atom. The standard InChI is InChI=1S/C25H33ClN4O4/c1-27(2)11-13-30-22(32)16-25(24(30)34,19-9-5-6-10-20(19)26)15-21(31)28-12-14-29(23(33)17-28)18-7-3-4-8-18/h5-6,9-10,18H,3-4,7-8,11-17H2,1-2H3. The first-order chi connectivity index (χ1) is 16.2. The zero-order valence-corrected chi connectivity index (χ0v) is 20.7. The first-order valence-corrected chi connectivity index (χ1v) is 12.4. The predicted octanol–water partition coefficient (Wildman–Crippen LogP) is 1.90. The molecule has 1 aromatic carbocycles. The number of rotatable bonds is 7. The van der Waals surface area contributed by atoms with Gasteiger partial charge in [0.25, 0.3) is 0 Å². The number of carbonyl (C=O) groups is 4. The van der Waals surface area contributed by atoms with Gasteiger partial charge in [0.05, 0.1) is 12.0 Å². The maximum absolute atomic E-state index is 13.7. The zero-order valence-electron chi connectivity index (χ0n) is 20.0. The quantitative estimate of drug-likeness (QED) is 0.547. The van der Waals surface area contributed by atoms with Crippen molar-refractivity contribution in [1.82, 2.24) is 19.6 Å². The van der Waals surface area contributed by atoms with E-state index in [-0.39, 0.29) is 49.7 Å². The Kier molecular flexibility index (Phi) is 7.28. The van der Waals surface area contributed by atoms with E-state index in [1.807, 2.05) is 23.9 Å². The van der Waals surface area contributed by atoms with Crippen LogP contribution in [0.25, 0.3) is 0 Å². The highest BCUT2D eigenvalue weighted by molar-refractivity contribution is 6.32. The molecule has 3 fully saturated rings. The van der Waals surface area contributed by atoms with Crippen molar-refractivity contribution in [2.24, 2.45) is 0 Å². The third-order valence-corrected chi connectivity index (χ3v) is 7.73. The minimum absolute atomic E-state index is 0.0143. The molecule has 34 heavy (non-hydrogen) atoms. The van der Waals surface area contributed by atoms with Gasteiger partial charge in [-0.2, -0.15) is 0 Å². The van der Waals surface area contributed by atoms with Crippen LogP contribution in [0.4, 0.5) is 0 Å². The van der Waals surface area contributed by atoms with E-state index in [9.17, 15) is 19.2 Å². The van der Waals surface area contributed by atoms with Crippen LogP contribution in [-0.2, 0) is 24.6 Å². The molecule has 0 radical (unpaired) electrons. The van der Waals surface area contributed by atoms with Gasteiger partial charge >= 0.3 is 0 Å². The van der Waals surface area contributed by atoms with Gasteiger partial charge in [0.1, 0.15) is 0 Å². The zero-order chi connectivity index (χ0) is 24.5. The van der Waals surface area contributed by atoms with E-state index < -0.39 is 11.3 Å². The van der Waals surface area contributed by atoms with Gasteiger partial charge < -0.3 is 14.7 Å². The largest absolute Gasteiger partial charge is 0.336 e. The fraction of sp³-hybridized carbons (Fsp3) is 0.600. The Morgan fingerprint density at radius 3 is 2.44 bits per heavy atom. The molecule has 1 atom stereocenters. The molecule has 0 aromatic heterocycles. The summed E-state index contributed by atoms with van der Waals surface area (Å²) in [5, 5.41) is 0.355. The molecule has 2 heterocycles. The highest BCUT2D eigenvalue weighted by Gasteiger charge is 2.55. The number of amides is 4. The van der Waals surface area contributed by atoms with Crippen molar-refractivity contribution < 1.29 is 19.2 Å². The number of hydrogen-bond donors (Lipinski definition) is 0. The lowest BCUT2D eigenvalue weighted by Gasteiger charge is -2.39. The normalized spacial score (nSPS) is 24.1. The molecule has 184 valence electrons. The fourth-order valence-corrected chi connectivity index (χ4v) is 5.81. The van der Waals surface area contributed by atoms with Gasteiger partial charge in [0, 0.05) is 50.1 Å². The maximum Gasteiger partial charge on any atom is 0.242 e. The summed E-state index contributed by atoms with van der Waals surface area (Å²) in [6.07, 6.45) is 4.03. The maximum atomic E-state index is 13.7. The highest BCUT2D eigenvalue weighted by Crippen LogP contribution is 2.43. The third-order valence-electron chi connectivity index (χ3n) is 7.40. The summed E-state index contributed by atoms with van der Waals surface area (Å²) in [5.41, 5.74) is -0.864. The van der Waals surface area contributed by atoms with Gasteiger partial charge in [-0.05, 0) is 38.6 Å². The fourth-order valence-electron chi connectivity index (χ4n) is 5.49. The molecule has 2 aliphatic heterocycles. The van der Waals surface area contributed by atoms with Crippen molar-refractivity contribution in [2.45, 2.75) is 50.0 Å². The Bertz CT molecular complexity index is 977. The second-order valence-corrected chi connectivity index (χ2v) is 10.3. The van der Waals surface area contributed by atoms with Gasteiger partial charge in [0.2, 0.25) is 23.6 Å². The first-order valence-electron chi connectivity index (χ1n) is 12.0. The van der Waals surface area contributed by atoms with Crippen molar-refractivity contribution in [3.63, 3.8) is 0 Å². The van der Waals surface area contributed by atoms with Crippen LogP contribution in [0.2, 0.25) is 5.02 Å². The molecule has 0 spiro atoms. The van der Waals surface area contributed by atoms with Crippen LogP contribution in [-0.4, -0.2) is 96.1 Å². The summed E-state index contributed by atoms with van der Waals surface area (Å²) in [7, 11) is 3.75. The molecule has 3 aliphatic rings. The number of hydrogen-bond acceptors (Lipinski definition) is 5. The number of piperazine rings is 1. The van der Waals surface area contributed by atoms with Crippen LogP contribution < -0.4 is 0 Å². The van der Waals surface area contributed by atoms with E-state index in [0.717, 1.165) is 25.7 Å². The second kappa shape index (κ2) is 10.0. The van der Waals surface area contributed by atoms with Crippen LogP contribution >= 0.6 is 11.6 Å². The van der Waals surface area contributed by atoms with Crippen molar-refractivity contribution in [3.05, 3.63) is 34.9 Å². The summed E-state index contributed by atoms with van der Waals surface area (Å²) in [6.45, 7) is 1.74. The molecule has 0 bridgehead atoms. The highest BCUT2D eigenvalue weighted by atomic mass is 35.5. The molecule has 1 aromatic rings. The van der Waals surface area contributed by atoms with E-state index in [4.69, 9.17) is 11.6 Å². The van der Waals surface area contributed by atoms with E-state index in [1.54, 1.807) is 24.3 Å². The Morgan fingerprint density at radius 1 is 1.09 bits per heavy atom. The average molecular weight is 489 g/mol. The Hall–Kier alpha value is -2.45. The van der Waals surface area contributed by atoms with Crippen LogP contribution in [0.15, 0.2) is 24.3 Å². The minimum Gasteiger partial charge on any atom is -0.336 e. The van der Waals surface area contributed by atoms with Crippen LogP contribution in [0.1, 0.15) is 44.1 Å². The summed E-state index contributed by atoms with van der Waals surface area (Å²) in [4.78, 5) is 59.5. The molecule has 4 rings (SSSR count). The number of likely N-dealkylation sites (N-methyl/N-ethyl adjacent to an activating group) is 1. The van der Waals surface area contributed by atoms with Gasteiger partial charge in [-0.3, -0.25) is 24.1 Å². The monoisotopic (exact) mass is 488 g/mol. The summed E-state index contributed by atoms with van der Waals surface area (Å²) in [5.74, 6) is -1.03. The van der Waals surface area contributed by atoms with Crippen LogP contribution in [0.3, 0.4) is 0 Å². The number of halogens is 1. The molecular formula is C25H33ClN4O4. The molecule has 2 saturated heterocycles. The van der Waals surface area contributed by atoms with Crippen molar-refractivity contribution in [1.29, 1.82) is 0 Å². The molecule has 9 heteroatoms. The summed E-state index contributed by atoms with van der Waals surface area (Å²) < 4.78 is 0. The van der Waals surface area contributed by atoms with Crippen molar-refractivity contribution >= 4 is 35.2 Å². The molecule has 0 N–H and O–H groups in total. The SMILES string of the molecule is CN(C)CCN1C(=O)CC(CC(=O)N2CCN(C3CCCC3)C(=O)C2)(c2ccccc2Cl)C1=O. The number of likely N-dealkylation sites (tertiary alicyclic amines) is 1. The smallest absolute Gasteiger partial charge is 0.242 e. The number of benzene rings is 1. The summed E-state index contributed by atoms with van der Waals surface area (Å²) >= 11 is 6.49. The number of imide groups is 1. The molecule has 8 nitrogen and oxygen atoms in total. The molecule has 1 aliphatic carbocycles. The van der Waals surface area contributed by atoms with Crippen LogP contribution in [0.5, 0.6) is 0 Å². The Balaban J connectivity index is 1.56. The molecule has 1 saturated carbocycles. The minimum atomic E-state index is -1.36. The average Bonchev–Trinajstić information content (AvgIpc) is 3.40. The molecular weight excluding hydrogens is 456 g/mol. The third kappa shape index (κ3) is 4.70. The van der Waals surface area contributed by atoms with E-state index >= 15 is 0 Å². The van der Waals surface area contributed by atoms with Crippen molar-refractivity contribution in [2.75, 3.05) is 46.8 Å². The number of nitrogens with zero attached hydrogens (tertiary/aromatic N) is 4. The lowest BCUT2D eigenvalue weighted by Crippen LogP contribution is -2.56. The number of carbonyl (C=O) groups excluding carboxylic acids is 4. The lowest BCUT2D eigenvalue weighted by molar-refractivity contribution is -0.148. The van der Waals surface area contributed by atoms with E-state index in [2.05, 4.69) is 0 Å². The molecule has 1 unspecified atom stereocenters. The summed E-state index contributed by atoms with van der Waals surface area (Å²) in [6, 6.07) is 7.19. The van der Waals surface area contributed by atoms with Gasteiger partial charge in [-0.25, -0.2) is 0 Å². The lowest BCUT2D eigenvalue weighted by atomic mass is 9.75. The van der Waals surface area contributed by atoms with Crippen LogP contribution in [0, 0.1) is 0 Å². The predicted molar refractivity (Wildman–Crippen MR) is 128 cm³/mol. The Labute approximate surface area is 205 Å².